The number of ether oxygens (including phenoxy) is 6. The lowest BCUT2D eigenvalue weighted by Crippen LogP contribution is -2.48. The number of nitrogens with zero attached hydrogens (tertiary/aromatic N) is 10. The first kappa shape index (κ1) is 67.4. The van der Waals surface area contributed by atoms with Crippen LogP contribution < -0.4 is 60.6 Å². The van der Waals surface area contributed by atoms with Gasteiger partial charge in [0.05, 0.1) is 77.3 Å². The molecule has 2 aliphatic carbocycles. The van der Waals surface area contributed by atoms with E-state index in [1.54, 1.807) is 37.6 Å². The average Bonchev–Trinajstić information content (AvgIpc) is 1.59. The van der Waals surface area contributed by atoms with Crippen molar-refractivity contribution in [2.75, 3.05) is 88.3 Å². The molecule has 10 atom stereocenters. The van der Waals surface area contributed by atoms with Gasteiger partial charge >= 0.3 is 18.0 Å². The van der Waals surface area contributed by atoms with Gasteiger partial charge in [-0.15, -0.1) is 0 Å². The maximum absolute atomic E-state index is 14.2. The number of benzene rings is 4. The van der Waals surface area contributed by atoms with Crippen LogP contribution in [0.4, 0.5) is 28.3 Å². The Hall–Kier alpha value is -10.6. The number of amides is 4. The Morgan fingerprint density at radius 3 is 1.13 bits per heavy atom. The number of urea groups is 1. The van der Waals surface area contributed by atoms with Gasteiger partial charge in [-0.05, 0) is 96.5 Å². The molecule has 4 amide bonds. The second kappa shape index (κ2) is 29.4. The number of carbonyl (C=O) groups excluding carboxylic acids is 5. The van der Waals surface area contributed by atoms with Crippen LogP contribution in [0.25, 0.3) is 22.3 Å². The third-order valence-corrected chi connectivity index (χ3v) is 18.3. The summed E-state index contributed by atoms with van der Waals surface area (Å²) in [7, 11) is 6.37. The van der Waals surface area contributed by atoms with Gasteiger partial charge in [-0.2, -0.15) is 19.9 Å². The molecule has 0 spiro atoms. The van der Waals surface area contributed by atoms with E-state index < -0.39 is 104 Å². The van der Waals surface area contributed by atoms with Gasteiger partial charge in [-0.25, -0.2) is 14.8 Å². The Morgan fingerprint density at radius 1 is 0.480 bits per heavy atom. The van der Waals surface area contributed by atoms with E-state index in [0.717, 1.165) is 22.3 Å². The van der Waals surface area contributed by atoms with Gasteiger partial charge in [0.15, 0.2) is 47.2 Å². The van der Waals surface area contributed by atoms with Gasteiger partial charge < -0.3 is 99.7 Å². The molecule has 4 aromatic carbocycles. The fraction of sp³-hybridized carbons (Fsp3) is 0.418. The molecule has 12 rings (SSSR count). The zero-order valence-electron chi connectivity index (χ0n) is 54.6. The van der Waals surface area contributed by atoms with E-state index in [1.807, 2.05) is 107 Å². The summed E-state index contributed by atoms with van der Waals surface area (Å²) < 4.78 is 35.1. The Bertz CT molecular complexity index is 3810. The van der Waals surface area contributed by atoms with E-state index in [1.165, 1.54) is 26.5 Å². The summed E-state index contributed by atoms with van der Waals surface area (Å²) in [5, 5.41) is 64.8. The topological polar surface area (TPSA) is 388 Å². The number of methoxy groups -OCH3 is 4. The molecule has 2 saturated carbocycles. The minimum atomic E-state index is -1.40. The number of aromatic nitrogens is 8. The minimum Gasteiger partial charge on any atom is -0.497 e. The van der Waals surface area contributed by atoms with E-state index in [-0.39, 0.29) is 36.8 Å². The van der Waals surface area contributed by atoms with Gasteiger partial charge in [0, 0.05) is 52.1 Å². The number of hydrogen-bond acceptors (Lipinski definition) is 25. The number of aliphatic hydroxyl groups is 4. The molecule has 2 saturated heterocycles. The number of anilines is 4. The second-order valence-electron chi connectivity index (χ2n) is 24.6. The summed E-state index contributed by atoms with van der Waals surface area (Å²) in [6, 6.07) is 24.7. The predicted octanol–water partition coefficient (Wildman–Crippen LogP) is 2.99. The summed E-state index contributed by atoms with van der Waals surface area (Å²) in [6.07, 6.45) is -1.37. The van der Waals surface area contributed by atoms with Crippen molar-refractivity contribution in [3.05, 3.63) is 132 Å². The highest BCUT2D eigenvalue weighted by molar-refractivity contribution is 5.87. The fourth-order valence-corrected chi connectivity index (χ4v) is 13.2. The lowest BCUT2D eigenvalue weighted by Gasteiger charge is -2.24. The Morgan fingerprint density at radius 2 is 0.816 bits per heavy atom. The van der Waals surface area contributed by atoms with E-state index in [2.05, 4.69) is 31.9 Å². The van der Waals surface area contributed by atoms with Crippen molar-refractivity contribution in [1.29, 1.82) is 0 Å². The molecule has 6 unspecified atom stereocenters. The van der Waals surface area contributed by atoms with Gasteiger partial charge in [0.1, 0.15) is 47.4 Å². The van der Waals surface area contributed by atoms with Gasteiger partial charge in [0.2, 0.25) is 11.9 Å². The molecule has 31 heteroatoms. The van der Waals surface area contributed by atoms with Crippen molar-refractivity contribution in [2.45, 2.75) is 112 Å². The lowest BCUT2D eigenvalue weighted by molar-refractivity contribution is -0.147. The monoisotopic (exact) mass is 1350 g/mol. The van der Waals surface area contributed by atoms with Gasteiger partial charge in [0.25, 0.3) is 11.8 Å². The van der Waals surface area contributed by atoms with Crippen molar-refractivity contribution >= 4 is 75.6 Å². The number of hydrogen-bond donors (Lipinski definition) is 10. The van der Waals surface area contributed by atoms with Crippen molar-refractivity contribution in [3.63, 3.8) is 0 Å². The van der Waals surface area contributed by atoms with Crippen LogP contribution in [0.3, 0.4) is 0 Å². The highest BCUT2D eigenvalue weighted by atomic mass is 16.5. The summed E-state index contributed by atoms with van der Waals surface area (Å²) in [5.41, 5.74) is 4.76. The minimum absolute atomic E-state index is 0.0679. The second-order valence-corrected chi connectivity index (χ2v) is 24.6. The quantitative estimate of drug-likeness (QED) is 0.0389. The Kier molecular flexibility index (Phi) is 20.2. The molecule has 516 valence electrons. The Labute approximate surface area is 562 Å². The Balaban J connectivity index is 0.797. The molecular weight excluding hydrogens is 1270 g/mol. The summed E-state index contributed by atoms with van der Waals surface area (Å²) in [5.74, 6) is 1.30. The molecule has 8 aromatic rings. The maximum atomic E-state index is 14.2. The molecule has 6 heterocycles. The maximum Gasteiger partial charge on any atom is 0.315 e. The van der Waals surface area contributed by atoms with Gasteiger partial charge in [-0.3, -0.25) is 19.2 Å². The van der Waals surface area contributed by atoms with Crippen LogP contribution in [0.1, 0.15) is 86.0 Å². The normalized spacial score (nSPS) is 22.1. The molecular formula is C67H78N16O15. The van der Waals surface area contributed by atoms with Crippen LogP contribution in [-0.2, 0) is 28.7 Å². The van der Waals surface area contributed by atoms with E-state index in [9.17, 15) is 44.4 Å². The van der Waals surface area contributed by atoms with Crippen LogP contribution >= 0.6 is 0 Å². The fourth-order valence-electron chi connectivity index (χ4n) is 13.2. The molecule has 4 aliphatic rings. The number of esters is 2. The van der Waals surface area contributed by atoms with E-state index in [4.69, 9.17) is 58.3 Å². The zero-order valence-corrected chi connectivity index (χ0v) is 54.6. The number of fused-ring (bicyclic) bond motifs is 2. The summed E-state index contributed by atoms with van der Waals surface area (Å²) in [6.45, 7) is 2.68. The number of nitrogens with one attached hydrogen (secondary N) is 6. The number of imidazole rings is 2. The molecule has 0 bridgehead atoms. The number of carbonyl (C=O) groups is 5. The molecule has 4 aromatic heterocycles. The van der Waals surface area contributed by atoms with Crippen molar-refractivity contribution < 1.29 is 72.8 Å². The van der Waals surface area contributed by atoms with E-state index in [0.29, 0.717) is 96.0 Å². The highest BCUT2D eigenvalue weighted by Gasteiger charge is 2.46. The molecule has 0 radical (unpaired) electrons. The van der Waals surface area contributed by atoms with Crippen LogP contribution in [0.15, 0.2) is 110 Å². The first-order chi connectivity index (χ1) is 47.3. The predicted molar refractivity (Wildman–Crippen MR) is 355 cm³/mol. The molecule has 2 aliphatic heterocycles. The largest absolute Gasteiger partial charge is 0.497 e. The van der Waals surface area contributed by atoms with Gasteiger partial charge in [-0.1, -0.05) is 48.5 Å². The van der Waals surface area contributed by atoms with Crippen molar-refractivity contribution in [1.82, 2.24) is 60.3 Å². The molecule has 31 nitrogen and oxygen atoms in total. The summed E-state index contributed by atoms with van der Waals surface area (Å²) in [4.78, 5) is 96.7. The first-order valence-electron chi connectivity index (χ1n) is 32.1. The molecule has 10 N–H and O–H groups in total. The molecule has 4 fully saturated rings. The smallest absolute Gasteiger partial charge is 0.315 e. The standard InChI is InChI=1S/C67H78N16O15/c1-35(84)97-31-51(86)72-47-27-49(59(90)57(47)88)82-33-68-55-61(74-53(37-7-15-43(93-3)16-8-37)38-9-17-44(94-4)18-10-38)76-65(78-63(55)82)80-25-23-41(29-80)70-67(92)71-42-24-26-81(30-42)66-77-62(75-54(39-11-19-45(95-5)20-12-39)40-13-21-46(96-6)22-14-40)56-64(79-66)83(34-69-56)50-28-48(58(89)60(50)91)73-52(87)32-98-36(2)85/h7-22,33-34,41-42,47-50,53-54,57-60,88-91H,23-32H2,1-6H3,(H,72,86)(H,73,87)(H2,70,71,92)(H,74,76,78)(H,75,77,79)/t41?,42?,47?,48?,49-,50-,57-,58-,59?,60?/m0/s1. The SMILES string of the molecule is COc1ccc(C(Nc2nc(N3CCC(NC(=O)NC4CCN(c5nc(NC(c6ccc(OC)cc6)c6ccc(OC)cc6)c6ncn([C@H]7CC(NC(=O)COC(C)=O)[C@H](O)C7O)c6n5)C4)C3)nc3c2ncn3[C@H]2CC(NC(=O)COC(C)=O)[C@H](O)C2O)c2ccc(OC)cc2)cc1. The zero-order chi connectivity index (χ0) is 68.9. The van der Waals surface area contributed by atoms with Crippen LogP contribution in [0.2, 0.25) is 0 Å². The van der Waals surface area contributed by atoms with Crippen LogP contribution in [0.5, 0.6) is 23.0 Å². The third kappa shape index (κ3) is 14.7. The highest BCUT2D eigenvalue weighted by Crippen LogP contribution is 2.40. The average molecular weight is 1350 g/mol. The van der Waals surface area contributed by atoms with Crippen LogP contribution in [-0.4, -0.2) is 206 Å². The summed E-state index contributed by atoms with van der Waals surface area (Å²) >= 11 is 0. The van der Waals surface area contributed by atoms with Crippen molar-refractivity contribution in [3.8, 4) is 23.0 Å². The molecule has 98 heavy (non-hydrogen) atoms. The third-order valence-electron chi connectivity index (χ3n) is 18.3. The van der Waals surface area contributed by atoms with E-state index >= 15 is 0 Å². The number of aliphatic hydroxyl groups excluding tert-OH is 4. The van der Waals surface area contributed by atoms with Crippen molar-refractivity contribution in [2.24, 2.45) is 0 Å². The number of rotatable bonds is 24. The van der Waals surface area contributed by atoms with Crippen LogP contribution in [0, 0.1) is 0 Å². The first-order valence-corrected chi connectivity index (χ1v) is 32.1. The lowest BCUT2D eigenvalue weighted by atomic mass is 9.98.